The lowest BCUT2D eigenvalue weighted by atomic mass is 10.1. The second-order valence-electron chi connectivity index (χ2n) is 5.76. The highest BCUT2D eigenvalue weighted by atomic mass is 35.5. The van der Waals surface area contributed by atoms with Gasteiger partial charge in [0.1, 0.15) is 5.15 Å². The average molecular weight is 359 g/mol. The van der Waals surface area contributed by atoms with Crippen molar-refractivity contribution in [2.45, 2.75) is 19.4 Å². The largest absolute Gasteiger partial charge is 0.350 e. The summed E-state index contributed by atoms with van der Waals surface area (Å²) < 4.78 is 2.15. The van der Waals surface area contributed by atoms with Crippen molar-refractivity contribution in [3.8, 4) is 11.1 Å². The van der Waals surface area contributed by atoms with E-state index in [4.69, 9.17) is 17.3 Å². The van der Waals surface area contributed by atoms with Crippen LogP contribution in [-0.4, -0.2) is 32.4 Å². The standard InChI is InChI=1S/C18H19ClN4O2/c19-17-14(7-5-9-21-17)15-12-22(16-8-2-1-6-13(15)16)10-3-4-11-23(25)18(20)24/h1-2,5-9,12,25H,3-4,10-11H2,(H2,20,24). The molecule has 2 amide bonds. The second kappa shape index (κ2) is 7.55. The number of pyridine rings is 1. The van der Waals surface area contributed by atoms with Gasteiger partial charge in [0.05, 0.1) is 6.54 Å². The van der Waals surface area contributed by atoms with E-state index in [1.54, 1.807) is 6.20 Å². The van der Waals surface area contributed by atoms with Crippen molar-refractivity contribution in [3.63, 3.8) is 0 Å². The minimum Gasteiger partial charge on any atom is -0.350 e. The predicted octanol–water partition coefficient (Wildman–Crippen LogP) is 3.91. The molecule has 1 aromatic carbocycles. The Morgan fingerprint density at radius 1 is 1.20 bits per heavy atom. The van der Waals surface area contributed by atoms with Crippen LogP contribution in [0.4, 0.5) is 4.79 Å². The minimum atomic E-state index is -0.833. The first kappa shape index (κ1) is 17.3. The first-order valence-corrected chi connectivity index (χ1v) is 8.40. The Morgan fingerprint density at radius 3 is 2.76 bits per heavy atom. The highest BCUT2D eigenvalue weighted by molar-refractivity contribution is 6.32. The molecule has 0 fully saturated rings. The van der Waals surface area contributed by atoms with Gasteiger partial charge >= 0.3 is 6.03 Å². The van der Waals surface area contributed by atoms with Gasteiger partial charge in [0, 0.05) is 41.0 Å². The molecule has 0 bridgehead atoms. The number of halogens is 1. The first-order chi connectivity index (χ1) is 12.1. The lowest BCUT2D eigenvalue weighted by Gasteiger charge is -2.11. The number of primary amides is 1. The molecule has 2 aromatic heterocycles. The van der Waals surface area contributed by atoms with Gasteiger partial charge in [-0.15, -0.1) is 0 Å². The summed E-state index contributed by atoms with van der Waals surface area (Å²) in [5.41, 5.74) is 8.04. The third kappa shape index (κ3) is 3.75. The van der Waals surface area contributed by atoms with Crippen molar-refractivity contribution < 1.29 is 10.0 Å². The number of carbonyl (C=O) groups excluding carboxylic acids is 1. The van der Waals surface area contributed by atoms with Crippen LogP contribution in [0.1, 0.15) is 12.8 Å². The normalized spacial score (nSPS) is 11.0. The Kier molecular flexibility index (Phi) is 5.21. The number of hydrogen-bond acceptors (Lipinski definition) is 3. The van der Waals surface area contributed by atoms with Gasteiger partial charge in [-0.3, -0.25) is 5.21 Å². The molecule has 0 spiro atoms. The summed E-state index contributed by atoms with van der Waals surface area (Å²) >= 11 is 6.26. The lowest BCUT2D eigenvalue weighted by molar-refractivity contribution is -0.0403. The number of para-hydroxylation sites is 1. The zero-order valence-corrected chi connectivity index (χ0v) is 14.4. The fourth-order valence-electron chi connectivity index (χ4n) is 2.89. The van der Waals surface area contributed by atoms with Gasteiger partial charge in [-0.05, 0) is 31.0 Å². The molecule has 0 saturated heterocycles. The van der Waals surface area contributed by atoms with Crippen LogP contribution in [0.3, 0.4) is 0 Å². The van der Waals surface area contributed by atoms with Gasteiger partial charge < -0.3 is 10.3 Å². The van der Waals surface area contributed by atoms with Crippen LogP contribution in [0.2, 0.25) is 5.15 Å². The van der Waals surface area contributed by atoms with Crippen LogP contribution in [0.5, 0.6) is 0 Å². The molecule has 3 aromatic rings. The molecule has 0 radical (unpaired) electrons. The Bertz CT molecular complexity index is 894. The van der Waals surface area contributed by atoms with E-state index in [-0.39, 0.29) is 6.54 Å². The van der Waals surface area contributed by atoms with Gasteiger partial charge in [-0.2, -0.15) is 0 Å². The van der Waals surface area contributed by atoms with E-state index in [2.05, 4.69) is 27.9 Å². The van der Waals surface area contributed by atoms with E-state index < -0.39 is 6.03 Å². The molecular weight excluding hydrogens is 340 g/mol. The molecule has 130 valence electrons. The van der Waals surface area contributed by atoms with Crippen molar-refractivity contribution in [2.24, 2.45) is 5.73 Å². The summed E-state index contributed by atoms with van der Waals surface area (Å²) in [6.07, 6.45) is 5.18. The predicted molar refractivity (Wildman–Crippen MR) is 97.5 cm³/mol. The zero-order chi connectivity index (χ0) is 17.8. The monoisotopic (exact) mass is 358 g/mol. The number of hydroxylamine groups is 2. The van der Waals surface area contributed by atoms with E-state index in [0.29, 0.717) is 16.6 Å². The summed E-state index contributed by atoms with van der Waals surface area (Å²) in [7, 11) is 0. The summed E-state index contributed by atoms with van der Waals surface area (Å²) in [6.45, 7) is 0.973. The molecule has 7 heteroatoms. The molecule has 6 nitrogen and oxygen atoms in total. The van der Waals surface area contributed by atoms with E-state index >= 15 is 0 Å². The third-order valence-corrected chi connectivity index (χ3v) is 4.41. The van der Waals surface area contributed by atoms with Crippen LogP contribution in [0.25, 0.3) is 22.0 Å². The summed E-state index contributed by atoms with van der Waals surface area (Å²) in [4.78, 5) is 15.0. The summed E-state index contributed by atoms with van der Waals surface area (Å²) in [6, 6.07) is 11.1. The maximum Gasteiger partial charge on any atom is 0.338 e. The zero-order valence-electron chi connectivity index (χ0n) is 13.6. The molecule has 0 aliphatic heterocycles. The maximum atomic E-state index is 10.8. The van der Waals surface area contributed by atoms with Gasteiger partial charge in [-0.25, -0.2) is 14.8 Å². The average Bonchev–Trinajstić information content (AvgIpc) is 2.97. The molecule has 0 aliphatic carbocycles. The number of rotatable bonds is 6. The van der Waals surface area contributed by atoms with Crippen molar-refractivity contribution in [3.05, 3.63) is 53.9 Å². The van der Waals surface area contributed by atoms with E-state index in [1.807, 2.05) is 24.3 Å². The quantitative estimate of drug-likeness (QED) is 0.303. The number of urea groups is 1. The molecule has 0 saturated carbocycles. The Balaban J connectivity index is 1.83. The molecule has 0 aliphatic rings. The SMILES string of the molecule is NC(=O)N(O)CCCCn1cc(-c2cccnc2Cl)c2ccccc21. The number of aryl methyl sites for hydroxylation is 1. The number of hydrogen-bond donors (Lipinski definition) is 2. The van der Waals surface area contributed by atoms with Crippen LogP contribution < -0.4 is 5.73 Å². The number of unbranched alkanes of at least 4 members (excludes halogenated alkanes) is 1. The third-order valence-electron chi connectivity index (χ3n) is 4.11. The van der Waals surface area contributed by atoms with Crippen LogP contribution >= 0.6 is 11.6 Å². The number of amides is 2. The van der Waals surface area contributed by atoms with Crippen LogP contribution in [0, 0.1) is 0 Å². The highest BCUT2D eigenvalue weighted by Gasteiger charge is 2.13. The number of benzene rings is 1. The molecule has 0 unspecified atom stereocenters. The minimum absolute atomic E-state index is 0.218. The number of nitrogens with two attached hydrogens (primary N) is 1. The van der Waals surface area contributed by atoms with E-state index in [1.165, 1.54) is 0 Å². The molecule has 25 heavy (non-hydrogen) atoms. The second-order valence-corrected chi connectivity index (χ2v) is 6.12. The fraction of sp³-hybridized carbons (Fsp3) is 0.222. The fourth-order valence-corrected chi connectivity index (χ4v) is 3.11. The van der Waals surface area contributed by atoms with Gasteiger partial charge in [0.15, 0.2) is 0 Å². The van der Waals surface area contributed by atoms with Crippen molar-refractivity contribution in [1.29, 1.82) is 0 Å². The number of aromatic nitrogens is 2. The maximum absolute atomic E-state index is 10.8. The highest BCUT2D eigenvalue weighted by Crippen LogP contribution is 2.34. The molecule has 3 rings (SSSR count). The van der Waals surface area contributed by atoms with Crippen molar-refractivity contribution >= 4 is 28.5 Å². The van der Waals surface area contributed by atoms with Crippen LogP contribution in [-0.2, 0) is 6.54 Å². The summed E-state index contributed by atoms with van der Waals surface area (Å²) in [5, 5.41) is 11.4. The Morgan fingerprint density at radius 2 is 2.00 bits per heavy atom. The number of nitrogens with zero attached hydrogens (tertiary/aromatic N) is 3. The van der Waals surface area contributed by atoms with E-state index in [0.717, 1.165) is 35.0 Å². The van der Waals surface area contributed by atoms with Gasteiger partial charge in [-0.1, -0.05) is 29.8 Å². The lowest BCUT2D eigenvalue weighted by Crippen LogP contribution is -2.33. The smallest absolute Gasteiger partial charge is 0.338 e. The Hall–Kier alpha value is -2.57. The number of fused-ring (bicyclic) bond motifs is 1. The van der Waals surface area contributed by atoms with Crippen molar-refractivity contribution in [1.82, 2.24) is 14.6 Å². The summed E-state index contributed by atoms with van der Waals surface area (Å²) in [5.74, 6) is 0. The number of carbonyl (C=O) groups is 1. The van der Waals surface area contributed by atoms with Gasteiger partial charge in [0.2, 0.25) is 0 Å². The molecular formula is C18H19ClN4O2. The van der Waals surface area contributed by atoms with Gasteiger partial charge in [0.25, 0.3) is 0 Å². The topological polar surface area (TPSA) is 84.4 Å². The van der Waals surface area contributed by atoms with E-state index in [9.17, 15) is 10.0 Å². The first-order valence-electron chi connectivity index (χ1n) is 8.02. The van der Waals surface area contributed by atoms with Crippen LogP contribution in [0.15, 0.2) is 48.8 Å². The molecule has 3 N–H and O–H groups in total. The Labute approximate surface area is 150 Å². The van der Waals surface area contributed by atoms with Crippen molar-refractivity contribution in [2.75, 3.05) is 6.54 Å². The molecule has 2 heterocycles. The molecule has 0 atom stereocenters.